The van der Waals surface area contributed by atoms with Gasteiger partial charge in [-0.05, 0) is 31.5 Å². The molecule has 21 heavy (non-hydrogen) atoms. The van der Waals surface area contributed by atoms with Gasteiger partial charge >= 0.3 is 5.69 Å². The summed E-state index contributed by atoms with van der Waals surface area (Å²) in [5.74, 6) is -1.22. The molecule has 1 aromatic carbocycles. The first-order valence-corrected chi connectivity index (χ1v) is 7.03. The van der Waals surface area contributed by atoms with Crippen molar-refractivity contribution in [1.29, 1.82) is 0 Å². The van der Waals surface area contributed by atoms with Gasteiger partial charge in [0.2, 0.25) is 5.82 Å². The first kappa shape index (κ1) is 13.9. The summed E-state index contributed by atoms with van der Waals surface area (Å²) < 4.78 is 13.6. The van der Waals surface area contributed by atoms with E-state index in [0.717, 1.165) is 38.1 Å². The van der Waals surface area contributed by atoms with Gasteiger partial charge in [-0.15, -0.1) is 0 Å². The molecule has 0 aromatic heterocycles. The fourth-order valence-corrected chi connectivity index (χ4v) is 3.15. The summed E-state index contributed by atoms with van der Waals surface area (Å²) >= 11 is 0. The lowest BCUT2D eigenvalue weighted by Gasteiger charge is -2.37. The number of carbonyl (C=O) groups is 1. The Morgan fingerprint density at radius 3 is 2.86 bits per heavy atom. The van der Waals surface area contributed by atoms with Crippen LogP contribution in [0.1, 0.15) is 23.2 Å². The van der Waals surface area contributed by atoms with Crippen LogP contribution in [0.15, 0.2) is 18.2 Å². The first-order chi connectivity index (χ1) is 10.1. The van der Waals surface area contributed by atoms with E-state index in [2.05, 4.69) is 4.90 Å². The molecule has 0 saturated carbocycles. The molecule has 2 aliphatic heterocycles. The third-order valence-corrected chi connectivity index (χ3v) is 4.27. The third kappa shape index (κ3) is 2.61. The molecule has 2 aliphatic rings. The molecule has 1 unspecified atom stereocenters. The van der Waals surface area contributed by atoms with E-state index in [9.17, 15) is 19.3 Å². The van der Waals surface area contributed by atoms with Crippen LogP contribution in [0.4, 0.5) is 10.1 Å². The van der Waals surface area contributed by atoms with Crippen molar-refractivity contribution >= 4 is 11.6 Å². The van der Waals surface area contributed by atoms with Gasteiger partial charge in [0.1, 0.15) is 0 Å². The number of nitrogens with zero attached hydrogens (tertiary/aromatic N) is 3. The molecule has 7 heteroatoms. The van der Waals surface area contributed by atoms with Gasteiger partial charge in [-0.25, -0.2) is 0 Å². The van der Waals surface area contributed by atoms with Gasteiger partial charge < -0.3 is 4.90 Å². The van der Waals surface area contributed by atoms with Crippen LogP contribution in [-0.2, 0) is 0 Å². The Labute approximate surface area is 121 Å². The zero-order valence-corrected chi connectivity index (χ0v) is 11.5. The van der Waals surface area contributed by atoms with E-state index >= 15 is 0 Å². The molecule has 112 valence electrons. The number of rotatable bonds is 2. The molecular weight excluding hydrogens is 277 g/mol. The Morgan fingerprint density at radius 2 is 2.14 bits per heavy atom. The smallest absolute Gasteiger partial charge is 0.304 e. The van der Waals surface area contributed by atoms with Gasteiger partial charge in [0, 0.05) is 37.3 Å². The lowest BCUT2D eigenvalue weighted by Crippen LogP contribution is -2.52. The summed E-state index contributed by atoms with van der Waals surface area (Å²) in [6.07, 6.45) is 2.23. The minimum atomic E-state index is -0.967. The van der Waals surface area contributed by atoms with Crippen molar-refractivity contribution in [2.24, 2.45) is 0 Å². The van der Waals surface area contributed by atoms with E-state index in [0.29, 0.717) is 19.1 Å². The summed E-state index contributed by atoms with van der Waals surface area (Å²) in [5.41, 5.74) is -0.434. The molecule has 1 aromatic rings. The molecule has 0 radical (unpaired) electrons. The van der Waals surface area contributed by atoms with Crippen LogP contribution in [0, 0.1) is 15.9 Å². The minimum absolute atomic E-state index is 0.171. The Bertz CT molecular complexity index is 593. The molecule has 0 aliphatic carbocycles. The van der Waals surface area contributed by atoms with Crippen molar-refractivity contribution in [2.45, 2.75) is 18.9 Å². The molecular formula is C14H16FN3O3. The van der Waals surface area contributed by atoms with Crippen molar-refractivity contribution in [2.75, 3.05) is 26.2 Å². The van der Waals surface area contributed by atoms with E-state index in [1.807, 2.05) is 0 Å². The molecule has 2 saturated heterocycles. The number of halogens is 1. The van der Waals surface area contributed by atoms with Crippen molar-refractivity contribution in [3.8, 4) is 0 Å². The highest BCUT2D eigenvalue weighted by Gasteiger charge is 2.33. The zero-order valence-electron chi connectivity index (χ0n) is 11.5. The van der Waals surface area contributed by atoms with E-state index in [4.69, 9.17) is 0 Å². The maximum Gasteiger partial charge on any atom is 0.304 e. The average molecular weight is 293 g/mol. The maximum absolute atomic E-state index is 13.6. The van der Waals surface area contributed by atoms with Crippen molar-refractivity contribution in [3.05, 3.63) is 39.7 Å². The lowest BCUT2D eigenvalue weighted by atomic mass is 10.1. The van der Waals surface area contributed by atoms with Gasteiger partial charge in [0.05, 0.1) is 4.92 Å². The molecule has 0 spiro atoms. The normalized spacial score (nSPS) is 22.1. The number of piperazine rings is 1. The molecule has 2 fully saturated rings. The molecule has 1 amide bonds. The first-order valence-electron chi connectivity index (χ1n) is 7.03. The Hall–Kier alpha value is -2.02. The molecule has 2 heterocycles. The van der Waals surface area contributed by atoms with E-state index < -0.39 is 16.4 Å². The van der Waals surface area contributed by atoms with Gasteiger partial charge in [-0.1, -0.05) is 0 Å². The van der Waals surface area contributed by atoms with Gasteiger partial charge in [0.15, 0.2) is 0 Å². The second kappa shape index (κ2) is 5.40. The predicted molar refractivity (Wildman–Crippen MR) is 73.6 cm³/mol. The number of carbonyl (C=O) groups excluding carboxylic acids is 1. The third-order valence-electron chi connectivity index (χ3n) is 4.27. The lowest BCUT2D eigenvalue weighted by molar-refractivity contribution is -0.387. The highest BCUT2D eigenvalue weighted by atomic mass is 19.1. The number of nitro benzene ring substituents is 1. The standard InChI is InChI=1S/C14H16FN3O3/c15-12-8-10(3-4-13(12)18(20)21)14(19)17-7-6-16-5-1-2-11(16)9-17/h3-4,8,11H,1-2,5-7,9H2. The fourth-order valence-electron chi connectivity index (χ4n) is 3.15. The Balaban J connectivity index is 1.76. The van der Waals surface area contributed by atoms with E-state index in [1.54, 1.807) is 4.90 Å². The largest absolute Gasteiger partial charge is 0.336 e. The van der Waals surface area contributed by atoms with Crippen LogP contribution in [0.25, 0.3) is 0 Å². The molecule has 6 nitrogen and oxygen atoms in total. The second-order valence-electron chi connectivity index (χ2n) is 5.51. The number of nitro groups is 1. The number of fused-ring (bicyclic) bond motifs is 1. The van der Waals surface area contributed by atoms with Crippen molar-refractivity contribution in [1.82, 2.24) is 9.80 Å². The van der Waals surface area contributed by atoms with E-state index in [-0.39, 0.29) is 11.5 Å². The highest BCUT2D eigenvalue weighted by molar-refractivity contribution is 5.94. The molecule has 1 atom stereocenters. The summed E-state index contributed by atoms with van der Waals surface area (Å²) in [4.78, 5) is 26.3. The average Bonchev–Trinajstić information content (AvgIpc) is 2.93. The number of benzene rings is 1. The topological polar surface area (TPSA) is 66.7 Å². The van der Waals surface area contributed by atoms with Crippen LogP contribution < -0.4 is 0 Å². The quantitative estimate of drug-likeness (QED) is 0.614. The number of hydrogen-bond acceptors (Lipinski definition) is 4. The highest BCUT2D eigenvalue weighted by Crippen LogP contribution is 2.24. The van der Waals surface area contributed by atoms with Crippen LogP contribution in [0.5, 0.6) is 0 Å². The van der Waals surface area contributed by atoms with Crippen molar-refractivity contribution in [3.63, 3.8) is 0 Å². The SMILES string of the molecule is O=C(c1ccc([N+](=O)[O-])c(F)c1)N1CCN2CCCC2C1. The maximum atomic E-state index is 13.6. The van der Waals surface area contributed by atoms with Gasteiger partial charge in [-0.3, -0.25) is 19.8 Å². The molecule has 0 N–H and O–H groups in total. The summed E-state index contributed by atoms with van der Waals surface area (Å²) in [6.45, 7) is 3.19. The fraction of sp³-hybridized carbons (Fsp3) is 0.500. The summed E-state index contributed by atoms with van der Waals surface area (Å²) in [7, 11) is 0. The summed E-state index contributed by atoms with van der Waals surface area (Å²) in [6, 6.07) is 3.73. The van der Waals surface area contributed by atoms with Crippen LogP contribution in [0.2, 0.25) is 0 Å². The van der Waals surface area contributed by atoms with Crippen LogP contribution >= 0.6 is 0 Å². The summed E-state index contributed by atoms with van der Waals surface area (Å²) in [5, 5.41) is 10.6. The van der Waals surface area contributed by atoms with Gasteiger partial charge in [0.25, 0.3) is 5.91 Å². The monoisotopic (exact) mass is 293 g/mol. The number of amides is 1. The molecule has 0 bridgehead atoms. The second-order valence-corrected chi connectivity index (χ2v) is 5.51. The Morgan fingerprint density at radius 1 is 1.33 bits per heavy atom. The predicted octanol–water partition coefficient (Wildman–Crippen LogP) is 1.65. The van der Waals surface area contributed by atoms with Crippen LogP contribution in [-0.4, -0.2) is 52.9 Å². The minimum Gasteiger partial charge on any atom is -0.336 e. The zero-order chi connectivity index (χ0) is 15.0. The number of hydrogen-bond donors (Lipinski definition) is 0. The van der Waals surface area contributed by atoms with Crippen molar-refractivity contribution < 1.29 is 14.1 Å². The van der Waals surface area contributed by atoms with Gasteiger partial charge in [-0.2, -0.15) is 4.39 Å². The Kier molecular flexibility index (Phi) is 3.59. The van der Waals surface area contributed by atoms with E-state index in [1.165, 1.54) is 6.07 Å². The molecule has 3 rings (SSSR count). The van der Waals surface area contributed by atoms with Crippen LogP contribution in [0.3, 0.4) is 0 Å².